The van der Waals surface area contributed by atoms with Gasteiger partial charge in [-0.1, -0.05) is 32.9 Å². The first kappa shape index (κ1) is 44.2. The normalized spacial score (nSPS) is 20.2. The molecule has 17 nitrogen and oxygen atoms in total. The van der Waals surface area contributed by atoms with Crippen LogP contribution in [0.4, 0.5) is 9.18 Å². The quantitative estimate of drug-likeness (QED) is 0.121. The molecule has 0 spiro atoms. The summed E-state index contributed by atoms with van der Waals surface area (Å²) in [7, 11) is 0. The van der Waals surface area contributed by atoms with Gasteiger partial charge in [0.15, 0.2) is 12.4 Å². The van der Waals surface area contributed by atoms with Crippen molar-refractivity contribution in [2.24, 2.45) is 0 Å². The number of aromatic hydroxyl groups is 2. The van der Waals surface area contributed by atoms with Crippen LogP contribution in [0.1, 0.15) is 109 Å². The lowest BCUT2D eigenvalue weighted by Crippen LogP contribution is -2.56. The largest absolute Gasteiger partial charge is 0.508 e. The zero-order chi connectivity index (χ0) is 48.2. The third kappa shape index (κ3) is 7.25. The first-order valence-corrected chi connectivity index (χ1v) is 23.6. The number of aromatic nitrogens is 5. The number of H-pyrrole nitrogens is 1. The van der Waals surface area contributed by atoms with Gasteiger partial charge in [-0.25, -0.2) is 28.6 Å². The highest BCUT2D eigenvalue weighted by atomic mass is 19.1. The van der Waals surface area contributed by atoms with E-state index < -0.39 is 36.2 Å². The lowest BCUT2D eigenvalue weighted by Gasteiger charge is -2.41. The highest BCUT2D eigenvalue weighted by Gasteiger charge is 2.43. The molecule has 0 saturated carbocycles. The number of piperazine rings is 1. The van der Waals surface area contributed by atoms with Crippen LogP contribution in [0.5, 0.6) is 11.5 Å². The van der Waals surface area contributed by atoms with Crippen molar-refractivity contribution in [2.45, 2.75) is 109 Å². The predicted molar refractivity (Wildman–Crippen MR) is 250 cm³/mol. The highest BCUT2D eigenvalue weighted by Crippen LogP contribution is 2.46. The van der Waals surface area contributed by atoms with E-state index in [-0.39, 0.29) is 65.9 Å². The minimum Gasteiger partial charge on any atom is -0.508 e. The number of phenolic OH excluding ortho intramolecular Hbond substituents is 2. The van der Waals surface area contributed by atoms with Crippen LogP contribution >= 0.6 is 0 Å². The van der Waals surface area contributed by atoms with Gasteiger partial charge < -0.3 is 34.5 Å². The summed E-state index contributed by atoms with van der Waals surface area (Å²) in [5, 5.41) is 31.5. The van der Waals surface area contributed by atoms with E-state index in [1.54, 1.807) is 17.6 Å². The van der Waals surface area contributed by atoms with Gasteiger partial charge in [0.2, 0.25) is 0 Å². The predicted octanol–water partition coefficient (Wildman–Crippen LogP) is 6.09. The maximum Gasteiger partial charge on any atom is 0.408 e. The molecule has 11 rings (SSSR count). The maximum atomic E-state index is 15.4. The molecular formula is C51H51FN8O9. The number of nitrogens with one attached hydrogen (secondary N) is 2. The number of cyclic esters (lactones) is 1. The second-order valence-electron chi connectivity index (χ2n) is 19.3. The number of phenols is 2. The van der Waals surface area contributed by atoms with Crippen LogP contribution in [0.15, 0.2) is 58.1 Å². The topological polar surface area (TPSA) is 214 Å². The minimum absolute atomic E-state index is 0.0366. The van der Waals surface area contributed by atoms with Gasteiger partial charge in [0, 0.05) is 54.8 Å². The van der Waals surface area contributed by atoms with Crippen LogP contribution in [-0.4, -0.2) is 94.1 Å². The third-order valence-corrected chi connectivity index (χ3v) is 14.9. The second kappa shape index (κ2) is 16.7. The molecule has 356 valence electrons. The number of fused-ring (bicyclic) bond motifs is 7. The summed E-state index contributed by atoms with van der Waals surface area (Å²) >= 11 is 0. The third-order valence-electron chi connectivity index (χ3n) is 14.9. The molecule has 0 radical (unpaired) electrons. The number of rotatable bonds is 9. The van der Waals surface area contributed by atoms with Crippen molar-refractivity contribution >= 4 is 28.9 Å². The second-order valence-corrected chi connectivity index (χ2v) is 19.3. The van der Waals surface area contributed by atoms with E-state index in [2.05, 4.69) is 20.4 Å². The van der Waals surface area contributed by atoms with E-state index in [9.17, 15) is 34.2 Å². The average molecular weight is 939 g/mol. The molecular weight excluding hydrogens is 888 g/mol. The fourth-order valence-electron chi connectivity index (χ4n) is 11.6. The number of hydrogen-bond donors (Lipinski definition) is 4. The number of carbonyl (C=O) groups is 3. The van der Waals surface area contributed by atoms with Gasteiger partial charge in [-0.05, 0) is 103 Å². The van der Waals surface area contributed by atoms with Gasteiger partial charge >= 0.3 is 17.8 Å². The Morgan fingerprint density at radius 1 is 0.986 bits per heavy atom. The number of amides is 2. The summed E-state index contributed by atoms with van der Waals surface area (Å²) in [5.41, 5.74) is 6.95. The van der Waals surface area contributed by atoms with Gasteiger partial charge in [0.1, 0.15) is 23.9 Å². The smallest absolute Gasteiger partial charge is 0.408 e. The van der Waals surface area contributed by atoms with E-state index in [0.717, 1.165) is 40.5 Å². The van der Waals surface area contributed by atoms with E-state index in [1.807, 2.05) is 56.0 Å². The van der Waals surface area contributed by atoms with E-state index in [4.69, 9.17) is 14.5 Å². The summed E-state index contributed by atoms with van der Waals surface area (Å²) in [6.45, 7) is 8.90. The molecule has 69 heavy (non-hydrogen) atoms. The van der Waals surface area contributed by atoms with Crippen LogP contribution in [-0.2, 0) is 45.2 Å². The summed E-state index contributed by atoms with van der Waals surface area (Å²) in [6, 6.07) is 12.9. The summed E-state index contributed by atoms with van der Waals surface area (Å²) < 4.78 is 29.5. The Labute approximate surface area is 394 Å². The Morgan fingerprint density at radius 2 is 1.74 bits per heavy atom. The van der Waals surface area contributed by atoms with Crippen LogP contribution in [0, 0.1) is 12.7 Å². The Bertz CT molecular complexity index is 3270. The van der Waals surface area contributed by atoms with Crippen molar-refractivity contribution in [3.8, 4) is 40.0 Å². The van der Waals surface area contributed by atoms with Gasteiger partial charge in [-0.15, -0.1) is 0 Å². The monoisotopic (exact) mass is 938 g/mol. The number of hydrogen-bond acceptors (Lipinski definition) is 12. The first-order valence-electron chi connectivity index (χ1n) is 23.6. The summed E-state index contributed by atoms with van der Waals surface area (Å²) in [5.74, 6) is -1.71. The van der Waals surface area contributed by atoms with Crippen molar-refractivity contribution in [3.05, 3.63) is 120 Å². The minimum atomic E-state index is -0.765. The van der Waals surface area contributed by atoms with E-state index in [1.165, 1.54) is 16.7 Å². The number of aryl methyl sites for hydroxylation is 1. The number of alkyl carbamates (subject to hydrolysis) is 1. The number of aromatic amines is 1. The van der Waals surface area contributed by atoms with Gasteiger partial charge in [0.25, 0.3) is 11.5 Å². The zero-order valence-electron chi connectivity index (χ0n) is 38.6. The van der Waals surface area contributed by atoms with Crippen LogP contribution in [0.3, 0.4) is 0 Å². The van der Waals surface area contributed by atoms with Crippen LogP contribution in [0.25, 0.3) is 39.4 Å². The molecule has 3 aromatic heterocycles. The fourth-order valence-corrected chi connectivity index (χ4v) is 11.6. The molecule has 7 heterocycles. The number of halogens is 1. The van der Waals surface area contributed by atoms with Crippen molar-refractivity contribution in [1.82, 2.24) is 39.4 Å². The number of esters is 1. The zero-order valence-corrected chi connectivity index (χ0v) is 38.6. The molecule has 3 aromatic carbocycles. The Hall–Kier alpha value is -7.34. The Morgan fingerprint density at radius 3 is 2.46 bits per heavy atom. The molecule has 18 heteroatoms. The van der Waals surface area contributed by atoms with Crippen LogP contribution < -0.4 is 16.6 Å². The van der Waals surface area contributed by atoms with Crippen molar-refractivity contribution in [1.29, 1.82) is 0 Å². The SMILES string of the molecule is CCC1C(=O)OCc2c1cc1n(c2=O)Cc2c-1nc1cc(F)c(C)c3c1c2C(NC(=O)OCC(=O)N1C2CCC1CN(Cc1ccc(-n4c(-c5cc(C(C)C)c(O)cc5O)n[nH]c4=O)cc1)C2)CC3. The number of benzene rings is 3. The van der Waals surface area contributed by atoms with Gasteiger partial charge in [-0.2, -0.15) is 5.10 Å². The average Bonchev–Trinajstić information content (AvgIpc) is 3.98. The Balaban J connectivity index is 0.765. The Kier molecular flexibility index (Phi) is 10.7. The molecule has 2 amide bonds. The first-order chi connectivity index (χ1) is 33.2. The molecule has 5 aliphatic rings. The number of likely N-dealkylation sites (tertiary alicyclic amines) is 1. The molecule has 2 saturated heterocycles. The van der Waals surface area contributed by atoms with Crippen molar-refractivity contribution in [2.75, 3.05) is 19.7 Å². The molecule has 6 aromatic rings. The molecule has 2 bridgehead atoms. The van der Waals surface area contributed by atoms with Crippen molar-refractivity contribution < 1.29 is 38.5 Å². The molecule has 1 aliphatic carbocycles. The lowest BCUT2D eigenvalue weighted by molar-refractivity contribution is -0.148. The van der Waals surface area contributed by atoms with E-state index >= 15 is 4.39 Å². The maximum absolute atomic E-state index is 15.4. The van der Waals surface area contributed by atoms with Gasteiger partial charge in [0.05, 0.1) is 52.2 Å². The van der Waals surface area contributed by atoms with Gasteiger partial charge in [-0.3, -0.25) is 19.3 Å². The van der Waals surface area contributed by atoms with Crippen LogP contribution in [0.2, 0.25) is 0 Å². The van der Waals surface area contributed by atoms with E-state index in [0.29, 0.717) is 89.3 Å². The summed E-state index contributed by atoms with van der Waals surface area (Å²) in [4.78, 5) is 76.3. The number of ether oxygens (including phenoxy) is 2. The molecule has 4 aliphatic heterocycles. The lowest BCUT2D eigenvalue weighted by atomic mass is 9.81. The number of nitrogens with zero attached hydrogens (tertiary/aromatic N) is 6. The number of carbonyl (C=O) groups excluding carboxylic acids is 3. The standard InChI is InChI=1S/C51H51FN8O9/c1-5-30-33-15-40-46-35(21-58(40)48(64)36(33)22-68-49(30)65)45-38(13-12-31-25(4)37(52)16-39(53-46)44(31)45)54-51(67)69-23-43(63)59-28-10-11-29(59)20-57(19-28)18-26-6-8-27(9-7-26)60-47(55-56-50(60)66)34-14-32(24(2)3)41(61)17-42(34)62/h6-9,14-17,24,28-30,38,61-62H,5,10-13,18-23H2,1-4H3,(H,54,67)(H,56,66). The van der Waals surface area contributed by atoms with Crippen molar-refractivity contribution in [3.63, 3.8) is 0 Å². The molecule has 4 unspecified atom stereocenters. The molecule has 4 atom stereocenters. The number of pyridine rings is 2. The fraction of sp³-hybridized carbons (Fsp3) is 0.392. The highest BCUT2D eigenvalue weighted by molar-refractivity contribution is 5.93. The molecule has 4 N–H and O–H groups in total. The molecule has 2 fully saturated rings. The summed E-state index contributed by atoms with van der Waals surface area (Å²) in [6.07, 6.45) is 2.21.